The van der Waals surface area contributed by atoms with Gasteiger partial charge in [0, 0.05) is 12.1 Å². The van der Waals surface area contributed by atoms with Crippen molar-refractivity contribution in [3.05, 3.63) is 29.6 Å². The largest absolute Gasteiger partial charge is 0.487 e. The first-order valence-corrected chi connectivity index (χ1v) is 4.48. The van der Waals surface area contributed by atoms with Crippen molar-refractivity contribution in [2.24, 2.45) is 0 Å². The van der Waals surface area contributed by atoms with Crippen molar-refractivity contribution < 1.29 is 17.9 Å². The third-order valence-corrected chi connectivity index (χ3v) is 2.31. The Kier molecular flexibility index (Phi) is 2.35. The summed E-state index contributed by atoms with van der Waals surface area (Å²) in [5, 5.41) is 0. The molecule has 0 bridgehead atoms. The van der Waals surface area contributed by atoms with Crippen LogP contribution in [0.5, 0.6) is 5.75 Å². The molecule has 0 heterocycles. The summed E-state index contributed by atoms with van der Waals surface area (Å²) in [6.45, 7) is 0. The molecule has 0 spiro atoms. The molecule has 1 nitrogen and oxygen atoms in total. The Hall–Kier alpha value is -1.19. The molecule has 0 amide bonds. The molecule has 1 aliphatic carbocycles. The lowest BCUT2D eigenvalue weighted by atomic mass is 9.96. The maximum atomic E-state index is 13.0. The fraction of sp³-hybridized carbons (Fsp3) is 0.400. The number of rotatable bonds is 2. The van der Waals surface area contributed by atoms with E-state index in [1.807, 2.05) is 0 Å². The quantitative estimate of drug-likeness (QED) is 0.670. The molecule has 0 radical (unpaired) electrons. The minimum Gasteiger partial charge on any atom is -0.487 e. The van der Waals surface area contributed by atoms with Crippen molar-refractivity contribution in [1.82, 2.24) is 0 Å². The molecular weight excluding hydrogens is 193 g/mol. The fourth-order valence-corrected chi connectivity index (χ4v) is 1.29. The minimum absolute atomic E-state index is 0.0919. The van der Waals surface area contributed by atoms with Crippen LogP contribution in [0.25, 0.3) is 0 Å². The van der Waals surface area contributed by atoms with Crippen LogP contribution < -0.4 is 4.74 Å². The summed E-state index contributed by atoms with van der Waals surface area (Å²) in [5.41, 5.74) is 0. The molecule has 0 atom stereocenters. The SMILES string of the molecule is Fc1cc(F)c(F)c(OC2CCC2)c1. The van der Waals surface area contributed by atoms with Crippen LogP contribution in [0.4, 0.5) is 13.2 Å². The molecule has 1 fully saturated rings. The first kappa shape index (κ1) is 9.37. The Morgan fingerprint density at radius 2 is 1.86 bits per heavy atom. The highest BCUT2D eigenvalue weighted by Crippen LogP contribution is 2.28. The Balaban J connectivity index is 2.22. The lowest BCUT2D eigenvalue weighted by Crippen LogP contribution is -2.25. The van der Waals surface area contributed by atoms with Gasteiger partial charge in [-0.05, 0) is 19.3 Å². The van der Waals surface area contributed by atoms with E-state index in [4.69, 9.17) is 4.74 Å². The van der Waals surface area contributed by atoms with Crippen molar-refractivity contribution in [2.75, 3.05) is 0 Å². The van der Waals surface area contributed by atoms with Gasteiger partial charge >= 0.3 is 0 Å². The maximum Gasteiger partial charge on any atom is 0.200 e. The second-order valence-corrected chi connectivity index (χ2v) is 3.37. The van der Waals surface area contributed by atoms with Crippen LogP contribution in [0.1, 0.15) is 19.3 Å². The van der Waals surface area contributed by atoms with E-state index in [1.54, 1.807) is 0 Å². The van der Waals surface area contributed by atoms with Crippen LogP contribution >= 0.6 is 0 Å². The summed E-state index contributed by atoms with van der Waals surface area (Å²) in [6.07, 6.45) is 2.56. The van der Waals surface area contributed by atoms with Gasteiger partial charge in [-0.25, -0.2) is 8.78 Å². The van der Waals surface area contributed by atoms with E-state index < -0.39 is 17.5 Å². The van der Waals surface area contributed by atoms with E-state index in [1.165, 1.54) is 0 Å². The molecule has 4 heteroatoms. The Bertz CT molecular complexity index is 347. The molecule has 1 aromatic rings. The van der Waals surface area contributed by atoms with Crippen molar-refractivity contribution in [1.29, 1.82) is 0 Å². The highest BCUT2D eigenvalue weighted by molar-refractivity contribution is 5.26. The first-order valence-electron chi connectivity index (χ1n) is 4.48. The summed E-state index contributed by atoms with van der Waals surface area (Å²) < 4.78 is 43.5. The topological polar surface area (TPSA) is 9.23 Å². The lowest BCUT2D eigenvalue weighted by molar-refractivity contribution is 0.113. The zero-order chi connectivity index (χ0) is 10.1. The normalized spacial score (nSPS) is 16.5. The molecular formula is C10H9F3O. The summed E-state index contributed by atoms with van der Waals surface area (Å²) in [7, 11) is 0. The molecule has 0 aliphatic heterocycles. The molecule has 0 N–H and O–H groups in total. The molecule has 0 aromatic heterocycles. The second-order valence-electron chi connectivity index (χ2n) is 3.37. The average molecular weight is 202 g/mol. The predicted octanol–water partition coefficient (Wildman–Crippen LogP) is 3.04. The van der Waals surface area contributed by atoms with Crippen LogP contribution in [0.3, 0.4) is 0 Å². The molecule has 14 heavy (non-hydrogen) atoms. The summed E-state index contributed by atoms with van der Waals surface area (Å²) in [5.74, 6) is -3.47. The van der Waals surface area contributed by atoms with Gasteiger partial charge in [0.15, 0.2) is 11.6 Å². The van der Waals surface area contributed by atoms with Crippen LogP contribution in [-0.4, -0.2) is 6.10 Å². The summed E-state index contributed by atoms with van der Waals surface area (Å²) in [4.78, 5) is 0. The third-order valence-electron chi connectivity index (χ3n) is 2.31. The van der Waals surface area contributed by atoms with E-state index in [2.05, 4.69) is 0 Å². The van der Waals surface area contributed by atoms with Crippen LogP contribution in [0.2, 0.25) is 0 Å². The number of hydrogen-bond donors (Lipinski definition) is 0. The molecule has 1 saturated carbocycles. The first-order chi connectivity index (χ1) is 6.66. The highest BCUT2D eigenvalue weighted by Gasteiger charge is 2.22. The zero-order valence-electron chi connectivity index (χ0n) is 7.40. The van der Waals surface area contributed by atoms with Crippen molar-refractivity contribution in [2.45, 2.75) is 25.4 Å². The van der Waals surface area contributed by atoms with E-state index in [0.29, 0.717) is 6.07 Å². The number of ether oxygens (including phenoxy) is 1. The van der Waals surface area contributed by atoms with Gasteiger partial charge < -0.3 is 4.74 Å². The molecule has 76 valence electrons. The Morgan fingerprint density at radius 1 is 1.14 bits per heavy atom. The molecule has 1 aromatic carbocycles. The van der Waals surface area contributed by atoms with Gasteiger partial charge in [0.1, 0.15) is 5.82 Å². The van der Waals surface area contributed by atoms with Gasteiger partial charge in [0.25, 0.3) is 0 Å². The van der Waals surface area contributed by atoms with E-state index in [0.717, 1.165) is 25.3 Å². The van der Waals surface area contributed by atoms with Crippen LogP contribution in [-0.2, 0) is 0 Å². The van der Waals surface area contributed by atoms with Gasteiger partial charge in [-0.3, -0.25) is 0 Å². The van der Waals surface area contributed by atoms with Gasteiger partial charge in [0.2, 0.25) is 5.82 Å². The van der Waals surface area contributed by atoms with E-state index in [9.17, 15) is 13.2 Å². The Labute approximate surface area is 79.5 Å². The van der Waals surface area contributed by atoms with Crippen LogP contribution in [0.15, 0.2) is 12.1 Å². The maximum absolute atomic E-state index is 13.0. The van der Waals surface area contributed by atoms with Crippen molar-refractivity contribution >= 4 is 0 Å². The summed E-state index contributed by atoms with van der Waals surface area (Å²) >= 11 is 0. The van der Waals surface area contributed by atoms with Gasteiger partial charge in [-0.2, -0.15) is 4.39 Å². The highest BCUT2D eigenvalue weighted by atomic mass is 19.2. The third kappa shape index (κ3) is 1.69. The van der Waals surface area contributed by atoms with Gasteiger partial charge in [-0.15, -0.1) is 0 Å². The number of hydrogen-bond acceptors (Lipinski definition) is 1. The monoisotopic (exact) mass is 202 g/mol. The lowest BCUT2D eigenvalue weighted by Gasteiger charge is -2.26. The number of benzene rings is 1. The predicted molar refractivity (Wildman–Crippen MR) is 44.6 cm³/mol. The molecule has 2 rings (SSSR count). The molecule has 0 saturated heterocycles. The van der Waals surface area contributed by atoms with Gasteiger partial charge in [0.05, 0.1) is 6.10 Å². The van der Waals surface area contributed by atoms with E-state index in [-0.39, 0.29) is 11.9 Å². The zero-order valence-corrected chi connectivity index (χ0v) is 7.40. The Morgan fingerprint density at radius 3 is 2.43 bits per heavy atom. The van der Waals surface area contributed by atoms with Crippen molar-refractivity contribution in [3.63, 3.8) is 0 Å². The second kappa shape index (κ2) is 3.52. The minimum atomic E-state index is -1.21. The summed E-state index contributed by atoms with van der Waals surface area (Å²) in [6, 6.07) is 1.37. The molecule has 0 unspecified atom stereocenters. The van der Waals surface area contributed by atoms with Crippen LogP contribution in [0, 0.1) is 17.5 Å². The van der Waals surface area contributed by atoms with Crippen molar-refractivity contribution in [3.8, 4) is 5.75 Å². The number of halogens is 3. The average Bonchev–Trinajstić information content (AvgIpc) is 2.05. The van der Waals surface area contributed by atoms with Gasteiger partial charge in [-0.1, -0.05) is 0 Å². The van der Waals surface area contributed by atoms with E-state index >= 15 is 0 Å². The molecule has 1 aliphatic rings. The fourth-order valence-electron chi connectivity index (χ4n) is 1.29. The standard InChI is InChI=1S/C10H9F3O/c11-6-4-8(12)10(13)9(5-6)14-7-2-1-3-7/h4-5,7H,1-3H2. The smallest absolute Gasteiger partial charge is 0.200 e.